The molecule has 0 bridgehead atoms. The topological polar surface area (TPSA) is 61.9 Å². The molecule has 1 aromatic heterocycles. The summed E-state index contributed by atoms with van der Waals surface area (Å²) in [7, 11) is 1.74. The summed E-state index contributed by atoms with van der Waals surface area (Å²) < 4.78 is 2.20. The van der Waals surface area contributed by atoms with Crippen molar-refractivity contribution in [2.75, 3.05) is 19.3 Å². The number of thioether (sulfide) groups is 1. The molecule has 0 saturated carbocycles. The van der Waals surface area contributed by atoms with E-state index < -0.39 is 0 Å². The number of unbranched alkanes of at least 4 members (excludes halogenated alkanes) is 1. The van der Waals surface area contributed by atoms with Crippen molar-refractivity contribution in [3.63, 3.8) is 0 Å². The number of aromatic nitrogens is 2. The summed E-state index contributed by atoms with van der Waals surface area (Å²) in [5.74, 6) is 0.403. The summed E-state index contributed by atoms with van der Waals surface area (Å²) in [4.78, 5) is 18.2. The van der Waals surface area contributed by atoms with Crippen LogP contribution in [-0.2, 0) is 11.3 Å². The number of nitrogens with zero attached hydrogens (tertiary/aromatic N) is 4. The highest BCUT2D eigenvalue weighted by Crippen LogP contribution is 2.22. The lowest BCUT2D eigenvalue weighted by Crippen LogP contribution is -2.29. The maximum Gasteiger partial charge on any atom is 0.232 e. The summed E-state index contributed by atoms with van der Waals surface area (Å²) in [5.41, 5.74) is 2.20. The van der Waals surface area contributed by atoms with Gasteiger partial charge in [-0.1, -0.05) is 25.1 Å². The molecule has 1 aromatic rings. The fourth-order valence-corrected chi connectivity index (χ4v) is 2.95. The van der Waals surface area contributed by atoms with E-state index in [0.717, 1.165) is 30.2 Å². The van der Waals surface area contributed by atoms with Crippen LogP contribution in [0.3, 0.4) is 0 Å². The van der Waals surface area contributed by atoms with Crippen molar-refractivity contribution >= 4 is 17.7 Å². The molecular weight excluding hydrogens is 284 g/mol. The first kappa shape index (κ1) is 17.6. The summed E-state index contributed by atoms with van der Waals surface area (Å²) in [5, 5.41) is 9.47. The summed E-state index contributed by atoms with van der Waals surface area (Å²) in [6.07, 6.45) is 2.62. The standard InChI is InChI=1S/C15H24N4OS/c1-5-6-10-19-13(3)12(2)17-15(19)21-11-14(20)18(4)9-7-8-16/h5-7,9-11H2,1-4H3. The quantitative estimate of drug-likeness (QED) is 0.693. The summed E-state index contributed by atoms with van der Waals surface area (Å²) in [6, 6.07) is 2.05. The smallest absolute Gasteiger partial charge is 0.232 e. The van der Waals surface area contributed by atoms with Gasteiger partial charge in [-0.3, -0.25) is 4.79 Å². The van der Waals surface area contributed by atoms with E-state index >= 15 is 0 Å². The van der Waals surface area contributed by atoms with Gasteiger partial charge < -0.3 is 9.47 Å². The van der Waals surface area contributed by atoms with Crippen molar-refractivity contribution < 1.29 is 4.79 Å². The number of hydrogen-bond acceptors (Lipinski definition) is 4. The Kier molecular flexibility index (Phi) is 7.30. The van der Waals surface area contributed by atoms with Crippen molar-refractivity contribution in [2.24, 2.45) is 0 Å². The average molecular weight is 308 g/mol. The Hall–Kier alpha value is -1.48. The Morgan fingerprint density at radius 1 is 1.48 bits per heavy atom. The highest BCUT2D eigenvalue weighted by atomic mass is 32.2. The number of imidazole rings is 1. The van der Waals surface area contributed by atoms with E-state index in [-0.39, 0.29) is 5.91 Å². The number of nitriles is 1. The minimum absolute atomic E-state index is 0.0376. The van der Waals surface area contributed by atoms with E-state index in [1.165, 1.54) is 17.5 Å². The van der Waals surface area contributed by atoms with E-state index in [9.17, 15) is 4.79 Å². The molecule has 0 radical (unpaired) electrons. The third kappa shape index (κ3) is 5.09. The zero-order valence-corrected chi connectivity index (χ0v) is 14.2. The van der Waals surface area contributed by atoms with Crippen molar-refractivity contribution in [3.05, 3.63) is 11.4 Å². The van der Waals surface area contributed by atoms with Crippen molar-refractivity contribution in [2.45, 2.75) is 51.7 Å². The van der Waals surface area contributed by atoms with Gasteiger partial charge in [-0.15, -0.1) is 0 Å². The molecule has 0 aromatic carbocycles. The number of amides is 1. The average Bonchev–Trinajstić information content (AvgIpc) is 2.74. The lowest BCUT2D eigenvalue weighted by atomic mass is 10.3. The minimum Gasteiger partial charge on any atom is -0.344 e. The van der Waals surface area contributed by atoms with E-state index in [1.54, 1.807) is 11.9 Å². The van der Waals surface area contributed by atoms with Gasteiger partial charge in [-0.25, -0.2) is 4.98 Å². The molecule has 1 heterocycles. The fraction of sp³-hybridized carbons (Fsp3) is 0.667. The van der Waals surface area contributed by atoms with Gasteiger partial charge in [0.25, 0.3) is 0 Å². The van der Waals surface area contributed by atoms with Crippen molar-refractivity contribution in [3.8, 4) is 6.07 Å². The molecule has 0 unspecified atom stereocenters. The Balaban J connectivity index is 2.64. The zero-order chi connectivity index (χ0) is 15.8. The molecule has 0 fully saturated rings. The molecule has 0 atom stereocenters. The number of aryl methyl sites for hydroxylation is 1. The monoisotopic (exact) mass is 308 g/mol. The van der Waals surface area contributed by atoms with Crippen LogP contribution < -0.4 is 0 Å². The largest absolute Gasteiger partial charge is 0.344 e. The van der Waals surface area contributed by atoms with Gasteiger partial charge in [0.05, 0.1) is 23.9 Å². The normalized spacial score (nSPS) is 10.4. The van der Waals surface area contributed by atoms with Crippen LogP contribution in [0.25, 0.3) is 0 Å². The molecule has 0 saturated heterocycles. The van der Waals surface area contributed by atoms with Gasteiger partial charge in [0, 0.05) is 25.8 Å². The van der Waals surface area contributed by atoms with Crippen LogP contribution in [0, 0.1) is 25.2 Å². The van der Waals surface area contributed by atoms with Gasteiger partial charge in [-0.05, 0) is 20.3 Å². The molecule has 0 aliphatic rings. The summed E-state index contributed by atoms with van der Waals surface area (Å²) in [6.45, 7) is 7.67. The van der Waals surface area contributed by atoms with Crippen LogP contribution in [0.15, 0.2) is 5.16 Å². The Bertz CT molecular complexity index is 518. The maximum absolute atomic E-state index is 12.0. The van der Waals surface area contributed by atoms with Crippen LogP contribution >= 0.6 is 11.8 Å². The third-order valence-corrected chi connectivity index (χ3v) is 4.43. The Morgan fingerprint density at radius 3 is 2.81 bits per heavy atom. The van der Waals surface area contributed by atoms with E-state index in [0.29, 0.717) is 18.7 Å². The number of carbonyl (C=O) groups excluding carboxylic acids is 1. The van der Waals surface area contributed by atoms with Crippen LogP contribution in [-0.4, -0.2) is 39.7 Å². The third-order valence-electron chi connectivity index (χ3n) is 3.47. The molecule has 0 aliphatic carbocycles. The maximum atomic E-state index is 12.0. The van der Waals surface area contributed by atoms with Gasteiger partial charge in [0.1, 0.15) is 0 Å². The zero-order valence-electron chi connectivity index (χ0n) is 13.3. The molecular formula is C15H24N4OS. The second kappa shape index (κ2) is 8.73. The van der Waals surface area contributed by atoms with Crippen LogP contribution in [0.5, 0.6) is 0 Å². The molecule has 6 heteroatoms. The van der Waals surface area contributed by atoms with Crippen molar-refractivity contribution in [1.82, 2.24) is 14.5 Å². The van der Waals surface area contributed by atoms with Crippen LogP contribution in [0.2, 0.25) is 0 Å². The lowest BCUT2D eigenvalue weighted by molar-refractivity contribution is -0.127. The number of rotatable bonds is 8. The Labute approximate surface area is 131 Å². The molecule has 0 aliphatic heterocycles. The van der Waals surface area contributed by atoms with Gasteiger partial charge in [0.15, 0.2) is 5.16 Å². The molecule has 116 valence electrons. The van der Waals surface area contributed by atoms with Gasteiger partial charge in [-0.2, -0.15) is 5.26 Å². The summed E-state index contributed by atoms with van der Waals surface area (Å²) >= 11 is 1.48. The van der Waals surface area contributed by atoms with Crippen molar-refractivity contribution in [1.29, 1.82) is 5.26 Å². The lowest BCUT2D eigenvalue weighted by Gasteiger charge is -2.15. The molecule has 1 rings (SSSR count). The van der Waals surface area contributed by atoms with Crippen LogP contribution in [0.4, 0.5) is 0 Å². The van der Waals surface area contributed by atoms with E-state index in [2.05, 4.69) is 29.5 Å². The first-order chi connectivity index (χ1) is 10.0. The number of carbonyl (C=O) groups is 1. The highest BCUT2D eigenvalue weighted by molar-refractivity contribution is 7.99. The molecule has 0 spiro atoms. The van der Waals surface area contributed by atoms with E-state index in [4.69, 9.17) is 5.26 Å². The van der Waals surface area contributed by atoms with Gasteiger partial charge in [0.2, 0.25) is 5.91 Å². The molecule has 1 amide bonds. The second-order valence-electron chi connectivity index (χ2n) is 5.08. The number of hydrogen-bond donors (Lipinski definition) is 0. The minimum atomic E-state index is 0.0376. The predicted molar refractivity (Wildman–Crippen MR) is 85.2 cm³/mol. The molecule has 5 nitrogen and oxygen atoms in total. The van der Waals surface area contributed by atoms with Crippen LogP contribution in [0.1, 0.15) is 37.6 Å². The van der Waals surface area contributed by atoms with Gasteiger partial charge >= 0.3 is 0 Å². The Morgan fingerprint density at radius 2 is 2.19 bits per heavy atom. The SMILES string of the molecule is CCCCn1c(SCC(=O)N(C)CCC#N)nc(C)c1C. The molecule has 21 heavy (non-hydrogen) atoms. The highest BCUT2D eigenvalue weighted by Gasteiger charge is 2.14. The molecule has 0 N–H and O–H groups in total. The first-order valence-corrected chi connectivity index (χ1v) is 8.27. The predicted octanol–water partition coefficient (Wildman–Crippen LogP) is 2.76. The fourth-order valence-electron chi connectivity index (χ4n) is 1.89. The van der Waals surface area contributed by atoms with E-state index in [1.807, 2.05) is 6.92 Å². The first-order valence-electron chi connectivity index (χ1n) is 7.28. The second-order valence-corrected chi connectivity index (χ2v) is 6.02.